The fraction of sp³-hybridized carbons (Fsp3) is 0.281. The van der Waals surface area contributed by atoms with E-state index in [2.05, 4.69) is 6.92 Å². The molecule has 0 saturated carbocycles. The maximum Gasteiger partial charge on any atom is 0.301 e. The van der Waals surface area contributed by atoms with Crippen LogP contribution in [0, 0.1) is 0 Å². The summed E-state index contributed by atoms with van der Waals surface area (Å²) in [5.74, 6) is 0.285. The number of anilines is 1. The van der Waals surface area contributed by atoms with E-state index in [0.717, 1.165) is 28.9 Å². The van der Waals surface area contributed by atoms with Crippen LogP contribution in [0.25, 0.3) is 16.0 Å². The van der Waals surface area contributed by atoms with Crippen LogP contribution in [0.3, 0.4) is 0 Å². The molecule has 2 aliphatic rings. The van der Waals surface area contributed by atoms with Crippen molar-refractivity contribution in [1.82, 2.24) is 4.98 Å². The molecule has 0 bridgehead atoms. The second-order valence-electron chi connectivity index (χ2n) is 10.2. The molecule has 41 heavy (non-hydrogen) atoms. The highest BCUT2D eigenvalue weighted by molar-refractivity contribution is 7.22. The molecule has 4 aromatic rings. The molecule has 2 unspecified atom stereocenters. The van der Waals surface area contributed by atoms with Gasteiger partial charge >= 0.3 is 5.91 Å². The van der Waals surface area contributed by atoms with E-state index in [9.17, 15) is 14.7 Å². The van der Waals surface area contributed by atoms with Crippen LogP contribution in [0.4, 0.5) is 5.13 Å². The molecule has 0 aliphatic carbocycles. The monoisotopic (exact) mass is 570 g/mol. The van der Waals surface area contributed by atoms with Gasteiger partial charge in [-0.25, -0.2) is 4.98 Å². The fourth-order valence-electron chi connectivity index (χ4n) is 5.30. The molecule has 2 atom stereocenters. The second-order valence-corrected chi connectivity index (χ2v) is 11.2. The molecular weight excluding hydrogens is 540 g/mol. The molecule has 0 spiro atoms. The summed E-state index contributed by atoms with van der Waals surface area (Å²) in [6.45, 7) is 4.62. The normalized spacial score (nSPS) is 19.4. The van der Waals surface area contributed by atoms with Gasteiger partial charge in [0.2, 0.25) is 0 Å². The van der Waals surface area contributed by atoms with Crippen molar-refractivity contribution in [3.05, 3.63) is 82.9 Å². The number of ketones is 1. The average Bonchev–Trinajstić information content (AvgIpc) is 3.64. The Morgan fingerprint density at radius 1 is 1.12 bits per heavy atom. The lowest BCUT2D eigenvalue weighted by Gasteiger charge is -2.23. The Bertz CT molecular complexity index is 1690. The Morgan fingerprint density at radius 2 is 1.98 bits per heavy atom. The maximum atomic E-state index is 13.7. The first kappa shape index (κ1) is 26.8. The minimum atomic E-state index is -0.907. The second kappa shape index (κ2) is 10.9. The van der Waals surface area contributed by atoms with Gasteiger partial charge in [-0.3, -0.25) is 14.5 Å². The van der Waals surface area contributed by atoms with Gasteiger partial charge in [0.15, 0.2) is 5.13 Å². The number of Topliss-reactive ketones (excluding diaryl/α,β-unsaturated/α-hetero) is 1. The molecule has 1 aromatic heterocycles. The first-order chi connectivity index (χ1) is 19.9. The summed E-state index contributed by atoms with van der Waals surface area (Å²) in [4.78, 5) is 33.4. The number of nitrogens with zero attached hydrogens (tertiary/aromatic N) is 2. The summed E-state index contributed by atoms with van der Waals surface area (Å²) < 4.78 is 17.9. The minimum absolute atomic E-state index is 0.00413. The lowest BCUT2D eigenvalue weighted by atomic mass is 9.94. The van der Waals surface area contributed by atoms with Gasteiger partial charge < -0.3 is 19.3 Å². The van der Waals surface area contributed by atoms with E-state index in [1.54, 1.807) is 25.3 Å². The largest absolute Gasteiger partial charge is 0.507 e. The summed E-state index contributed by atoms with van der Waals surface area (Å²) >= 11 is 1.29. The quantitative estimate of drug-likeness (QED) is 0.113. The molecule has 1 saturated heterocycles. The third-order valence-corrected chi connectivity index (χ3v) is 8.36. The number of fused-ring (bicyclic) bond motifs is 2. The van der Waals surface area contributed by atoms with E-state index < -0.39 is 17.7 Å². The zero-order valence-corrected chi connectivity index (χ0v) is 23.9. The van der Waals surface area contributed by atoms with E-state index in [-0.39, 0.29) is 17.4 Å². The highest BCUT2D eigenvalue weighted by Crippen LogP contribution is 2.45. The number of carbonyl (C=O) groups is 2. The topological polar surface area (TPSA) is 98.2 Å². The molecule has 0 radical (unpaired) electrons. The predicted molar refractivity (Wildman–Crippen MR) is 158 cm³/mol. The molecular formula is C32H30N2O6S. The van der Waals surface area contributed by atoms with Gasteiger partial charge in [-0.1, -0.05) is 36.8 Å². The number of thiazole rings is 1. The standard InChI is InChI=1S/C32H30N2O6S/c1-4-5-13-39-23-8-6-7-19(16-23)28-27(29(35)20-9-12-25-21(15-20)14-18(2)40-25)30(36)31(37)34(28)32-33-24-11-10-22(38-3)17-26(24)41-32/h6-12,15-18,28,35H,4-5,13-14H2,1-3H3/b29-27-. The third kappa shape index (κ3) is 4.91. The molecule has 8 nitrogen and oxygen atoms in total. The lowest BCUT2D eigenvalue weighted by Crippen LogP contribution is -2.29. The van der Waals surface area contributed by atoms with Crippen LogP contribution < -0.4 is 19.1 Å². The van der Waals surface area contributed by atoms with Gasteiger partial charge in [-0.05, 0) is 73.0 Å². The van der Waals surface area contributed by atoms with Crippen LogP contribution in [0.5, 0.6) is 17.2 Å². The number of carbonyl (C=O) groups excluding carboxylic acids is 2. The summed E-state index contributed by atoms with van der Waals surface area (Å²) in [5, 5.41) is 12.0. The molecule has 6 rings (SSSR count). The number of aliphatic hydroxyl groups is 1. The highest BCUT2D eigenvalue weighted by atomic mass is 32.1. The van der Waals surface area contributed by atoms with Gasteiger partial charge in [0, 0.05) is 12.0 Å². The minimum Gasteiger partial charge on any atom is -0.507 e. The van der Waals surface area contributed by atoms with Gasteiger partial charge in [0.25, 0.3) is 5.78 Å². The van der Waals surface area contributed by atoms with Gasteiger partial charge in [0.1, 0.15) is 29.1 Å². The summed E-state index contributed by atoms with van der Waals surface area (Å²) in [6.07, 6.45) is 2.62. The van der Waals surface area contributed by atoms with Gasteiger partial charge in [-0.2, -0.15) is 0 Å². The number of rotatable bonds is 8. The Hall–Kier alpha value is -4.37. The molecule has 2 aliphatic heterocycles. The number of hydrogen-bond donors (Lipinski definition) is 1. The SMILES string of the molecule is CCCCOc1cccc(C2/C(=C(/O)c3ccc4c(c3)CC(C)O4)C(=O)C(=O)N2c2nc3ccc(OC)cc3s2)c1. The zero-order valence-electron chi connectivity index (χ0n) is 23.0. The van der Waals surface area contributed by atoms with E-state index in [1.165, 1.54) is 16.2 Å². The van der Waals surface area contributed by atoms with E-state index in [4.69, 9.17) is 19.2 Å². The van der Waals surface area contributed by atoms with Crippen molar-refractivity contribution in [2.75, 3.05) is 18.6 Å². The van der Waals surface area contributed by atoms with Crippen LogP contribution in [0.15, 0.2) is 66.2 Å². The number of ether oxygens (including phenoxy) is 3. The van der Waals surface area contributed by atoms with E-state index >= 15 is 0 Å². The molecule has 3 heterocycles. The number of benzene rings is 3. The predicted octanol–water partition coefficient (Wildman–Crippen LogP) is 6.43. The smallest absolute Gasteiger partial charge is 0.301 e. The fourth-order valence-corrected chi connectivity index (χ4v) is 6.32. The molecule has 210 valence electrons. The third-order valence-electron chi connectivity index (χ3n) is 7.34. The molecule has 1 N–H and O–H groups in total. The highest BCUT2D eigenvalue weighted by Gasteiger charge is 2.48. The van der Waals surface area contributed by atoms with Crippen LogP contribution in [0.2, 0.25) is 0 Å². The first-order valence-electron chi connectivity index (χ1n) is 13.7. The van der Waals surface area contributed by atoms with Crippen LogP contribution in [-0.4, -0.2) is 41.6 Å². The molecule has 9 heteroatoms. The van der Waals surface area contributed by atoms with E-state index in [1.807, 2.05) is 49.4 Å². The van der Waals surface area contributed by atoms with Crippen molar-refractivity contribution in [2.45, 2.75) is 45.3 Å². The number of methoxy groups -OCH3 is 1. The van der Waals surface area contributed by atoms with Crippen LogP contribution >= 0.6 is 11.3 Å². The average molecular weight is 571 g/mol. The van der Waals surface area contributed by atoms with E-state index in [0.29, 0.717) is 46.3 Å². The van der Waals surface area contributed by atoms with Crippen molar-refractivity contribution in [2.24, 2.45) is 0 Å². The van der Waals surface area contributed by atoms with Gasteiger partial charge in [-0.15, -0.1) is 0 Å². The van der Waals surface area contributed by atoms with Crippen molar-refractivity contribution in [3.8, 4) is 17.2 Å². The maximum absolute atomic E-state index is 13.7. The number of aromatic nitrogens is 1. The zero-order chi connectivity index (χ0) is 28.7. The summed E-state index contributed by atoms with van der Waals surface area (Å²) in [7, 11) is 1.59. The summed E-state index contributed by atoms with van der Waals surface area (Å²) in [6, 6.07) is 17.2. The van der Waals surface area contributed by atoms with Crippen molar-refractivity contribution < 1.29 is 28.9 Å². The Labute approximate surface area is 241 Å². The van der Waals surface area contributed by atoms with Crippen molar-refractivity contribution in [3.63, 3.8) is 0 Å². The van der Waals surface area contributed by atoms with Crippen molar-refractivity contribution in [1.29, 1.82) is 0 Å². The number of unbranched alkanes of at least 4 members (excludes halogenated alkanes) is 1. The van der Waals surface area contributed by atoms with Crippen LogP contribution in [-0.2, 0) is 16.0 Å². The number of amides is 1. The van der Waals surface area contributed by atoms with Crippen LogP contribution in [0.1, 0.15) is 49.4 Å². The first-order valence-corrected chi connectivity index (χ1v) is 14.5. The number of aliphatic hydroxyl groups excluding tert-OH is 1. The molecule has 3 aromatic carbocycles. The number of hydrogen-bond acceptors (Lipinski definition) is 8. The summed E-state index contributed by atoms with van der Waals surface area (Å²) in [5.41, 5.74) is 2.71. The Balaban J connectivity index is 1.49. The Kier molecular flexibility index (Phi) is 7.13. The Morgan fingerprint density at radius 3 is 2.78 bits per heavy atom. The molecule has 1 fully saturated rings. The van der Waals surface area contributed by atoms with Gasteiger partial charge in [0.05, 0.1) is 35.5 Å². The molecule has 1 amide bonds. The van der Waals surface area contributed by atoms with Crippen molar-refractivity contribution >= 4 is 44.1 Å². The lowest BCUT2D eigenvalue weighted by molar-refractivity contribution is -0.132.